The quantitative estimate of drug-likeness (QED) is 0.419. The second-order valence-corrected chi connectivity index (χ2v) is 3.97. The molecule has 1 rings (SSSR count). The third kappa shape index (κ3) is 3.05. The number of anilines is 2. The van der Waals surface area contributed by atoms with E-state index in [1.807, 2.05) is 0 Å². The summed E-state index contributed by atoms with van der Waals surface area (Å²) in [5.41, 5.74) is 4.28. The van der Waals surface area contributed by atoms with Crippen LogP contribution in [-0.2, 0) is 0 Å². The first-order chi connectivity index (χ1) is 8.46. The monoisotopic (exact) mass is 256 g/mol. The van der Waals surface area contributed by atoms with Gasteiger partial charge in [-0.2, -0.15) is 0 Å². The van der Waals surface area contributed by atoms with E-state index in [1.165, 1.54) is 6.07 Å². The van der Waals surface area contributed by atoms with Crippen LogP contribution in [0.3, 0.4) is 0 Å². The molecule has 5 N–H and O–H groups in total. The predicted molar refractivity (Wildman–Crippen MR) is 66.1 cm³/mol. The largest absolute Gasteiger partial charge is 0.394 e. The zero-order chi connectivity index (χ0) is 13.8. The molecule has 0 saturated carbocycles. The molecule has 18 heavy (non-hydrogen) atoms. The van der Waals surface area contributed by atoms with Gasteiger partial charge in [0.15, 0.2) is 0 Å². The topological polar surface area (TPSA) is 135 Å². The molecule has 0 spiro atoms. The van der Waals surface area contributed by atoms with Crippen molar-refractivity contribution >= 4 is 17.3 Å². The molecule has 0 bridgehead atoms. The van der Waals surface area contributed by atoms with E-state index >= 15 is 0 Å². The lowest BCUT2D eigenvalue weighted by molar-refractivity contribution is -0.384. The zero-order valence-corrected chi connectivity index (χ0v) is 9.96. The SMILES string of the molecule is CCC(CO)(CO)Nc1cc([N+](=O)[O-])cc(N)n1. The molecule has 1 heterocycles. The molecule has 1 aromatic heterocycles. The average molecular weight is 256 g/mol. The molecule has 0 aliphatic heterocycles. The third-order valence-corrected chi connectivity index (χ3v) is 2.72. The summed E-state index contributed by atoms with van der Waals surface area (Å²) >= 11 is 0. The van der Waals surface area contributed by atoms with E-state index in [4.69, 9.17) is 5.73 Å². The van der Waals surface area contributed by atoms with E-state index in [9.17, 15) is 20.3 Å². The zero-order valence-electron chi connectivity index (χ0n) is 9.96. The number of aliphatic hydroxyl groups is 2. The Hall–Kier alpha value is -1.93. The number of rotatable bonds is 6. The van der Waals surface area contributed by atoms with Gasteiger partial charge in [-0.25, -0.2) is 4.98 Å². The summed E-state index contributed by atoms with van der Waals surface area (Å²) in [5.74, 6) is 0.138. The fourth-order valence-corrected chi connectivity index (χ4v) is 1.42. The number of nitrogens with two attached hydrogens (primary N) is 1. The molecule has 0 amide bonds. The fourth-order valence-electron chi connectivity index (χ4n) is 1.42. The Bertz CT molecular complexity index is 426. The maximum Gasteiger partial charge on any atom is 0.276 e. The second-order valence-electron chi connectivity index (χ2n) is 3.97. The summed E-state index contributed by atoms with van der Waals surface area (Å²) in [4.78, 5) is 14.0. The summed E-state index contributed by atoms with van der Waals surface area (Å²) in [7, 11) is 0. The van der Waals surface area contributed by atoms with Gasteiger partial charge in [0.1, 0.15) is 11.6 Å². The highest BCUT2D eigenvalue weighted by atomic mass is 16.6. The number of nitrogen functional groups attached to an aromatic ring is 1. The van der Waals surface area contributed by atoms with Gasteiger partial charge in [-0.3, -0.25) is 10.1 Å². The highest BCUT2D eigenvalue weighted by Crippen LogP contribution is 2.22. The van der Waals surface area contributed by atoms with Crippen molar-refractivity contribution in [1.29, 1.82) is 0 Å². The molecule has 0 aliphatic rings. The minimum Gasteiger partial charge on any atom is -0.394 e. The van der Waals surface area contributed by atoms with Crippen molar-refractivity contribution < 1.29 is 15.1 Å². The molecule has 1 aromatic rings. The van der Waals surface area contributed by atoms with Gasteiger partial charge in [0, 0.05) is 0 Å². The third-order valence-electron chi connectivity index (χ3n) is 2.72. The van der Waals surface area contributed by atoms with Crippen LogP contribution in [-0.4, -0.2) is 38.9 Å². The lowest BCUT2D eigenvalue weighted by Crippen LogP contribution is -2.45. The van der Waals surface area contributed by atoms with Crippen molar-refractivity contribution in [2.45, 2.75) is 18.9 Å². The van der Waals surface area contributed by atoms with Crippen LogP contribution >= 0.6 is 0 Å². The van der Waals surface area contributed by atoms with Crippen LogP contribution in [0.4, 0.5) is 17.3 Å². The predicted octanol–water partition coefficient (Wildman–Crippen LogP) is 0.117. The van der Waals surface area contributed by atoms with Crippen molar-refractivity contribution in [3.8, 4) is 0 Å². The van der Waals surface area contributed by atoms with Crippen LogP contribution in [0.25, 0.3) is 0 Å². The Kier molecular flexibility index (Phi) is 4.40. The van der Waals surface area contributed by atoms with E-state index < -0.39 is 10.5 Å². The Morgan fingerprint density at radius 1 is 1.50 bits per heavy atom. The van der Waals surface area contributed by atoms with Crippen molar-refractivity contribution in [1.82, 2.24) is 4.98 Å². The number of aromatic nitrogens is 1. The normalized spacial score (nSPS) is 11.3. The maximum absolute atomic E-state index is 10.7. The van der Waals surface area contributed by atoms with Crippen molar-refractivity contribution in [3.63, 3.8) is 0 Å². The summed E-state index contributed by atoms with van der Waals surface area (Å²) in [5, 5.41) is 32.0. The summed E-state index contributed by atoms with van der Waals surface area (Å²) in [6.45, 7) is 1.11. The minimum absolute atomic E-state index is 0.00687. The number of pyridine rings is 1. The summed E-state index contributed by atoms with van der Waals surface area (Å²) in [6, 6.07) is 2.34. The molecule has 0 saturated heterocycles. The van der Waals surface area contributed by atoms with E-state index in [0.29, 0.717) is 6.42 Å². The average Bonchev–Trinajstić information content (AvgIpc) is 2.35. The van der Waals surface area contributed by atoms with Gasteiger partial charge in [0.25, 0.3) is 5.69 Å². The fraction of sp³-hybridized carbons (Fsp3) is 0.500. The van der Waals surface area contributed by atoms with Gasteiger partial charge < -0.3 is 21.3 Å². The van der Waals surface area contributed by atoms with Crippen LogP contribution in [0.5, 0.6) is 0 Å². The number of hydrogen-bond donors (Lipinski definition) is 4. The second kappa shape index (κ2) is 5.61. The van der Waals surface area contributed by atoms with E-state index in [1.54, 1.807) is 6.92 Å². The Morgan fingerprint density at radius 3 is 2.56 bits per heavy atom. The van der Waals surface area contributed by atoms with Crippen LogP contribution in [0.15, 0.2) is 12.1 Å². The van der Waals surface area contributed by atoms with E-state index in [2.05, 4.69) is 10.3 Å². The standard InChI is InChI=1S/C10H16N4O4/c1-2-10(5-15,6-16)13-9-4-7(14(17)18)3-8(11)12-9/h3-4,15-16H,2,5-6H2,1H3,(H3,11,12,13). The van der Waals surface area contributed by atoms with E-state index in [0.717, 1.165) is 6.07 Å². The molecule has 0 radical (unpaired) electrons. The molecule has 0 aliphatic carbocycles. The molecule has 0 fully saturated rings. The highest BCUT2D eigenvalue weighted by Gasteiger charge is 2.27. The first kappa shape index (κ1) is 14.1. The van der Waals surface area contributed by atoms with Gasteiger partial charge in [-0.1, -0.05) is 6.92 Å². The minimum atomic E-state index is -0.978. The molecule has 0 atom stereocenters. The van der Waals surface area contributed by atoms with Crippen molar-refractivity contribution in [3.05, 3.63) is 22.2 Å². The van der Waals surface area contributed by atoms with Crippen LogP contribution in [0.1, 0.15) is 13.3 Å². The number of nitrogens with zero attached hydrogens (tertiary/aromatic N) is 2. The Morgan fingerprint density at radius 2 is 2.11 bits per heavy atom. The van der Waals surface area contributed by atoms with Gasteiger partial charge in [0.05, 0.1) is 35.8 Å². The Labute approximate surface area is 104 Å². The summed E-state index contributed by atoms with van der Waals surface area (Å²) < 4.78 is 0. The number of nitro groups is 1. The first-order valence-corrected chi connectivity index (χ1v) is 5.38. The van der Waals surface area contributed by atoms with Gasteiger partial charge in [-0.15, -0.1) is 0 Å². The van der Waals surface area contributed by atoms with Crippen molar-refractivity contribution in [2.24, 2.45) is 0 Å². The number of aliphatic hydroxyl groups excluding tert-OH is 2. The molecule has 100 valence electrons. The lowest BCUT2D eigenvalue weighted by atomic mass is 9.98. The van der Waals surface area contributed by atoms with Gasteiger partial charge in [0.2, 0.25) is 0 Å². The lowest BCUT2D eigenvalue weighted by Gasteiger charge is -2.30. The number of nitrogens with one attached hydrogen (secondary N) is 1. The molecule has 0 aromatic carbocycles. The van der Waals surface area contributed by atoms with Crippen LogP contribution in [0.2, 0.25) is 0 Å². The maximum atomic E-state index is 10.7. The van der Waals surface area contributed by atoms with Crippen LogP contribution in [0, 0.1) is 10.1 Å². The number of hydrogen-bond acceptors (Lipinski definition) is 7. The van der Waals surface area contributed by atoms with Crippen molar-refractivity contribution in [2.75, 3.05) is 24.3 Å². The molecular formula is C10H16N4O4. The van der Waals surface area contributed by atoms with E-state index in [-0.39, 0.29) is 30.5 Å². The molecule has 8 nitrogen and oxygen atoms in total. The molecule has 8 heteroatoms. The molecule has 0 unspecified atom stereocenters. The van der Waals surface area contributed by atoms with Gasteiger partial charge in [-0.05, 0) is 6.42 Å². The van der Waals surface area contributed by atoms with Gasteiger partial charge >= 0.3 is 0 Å². The summed E-state index contributed by atoms with van der Waals surface area (Å²) in [6.07, 6.45) is 0.421. The Balaban J connectivity index is 3.06. The first-order valence-electron chi connectivity index (χ1n) is 5.38. The smallest absolute Gasteiger partial charge is 0.276 e. The molecular weight excluding hydrogens is 240 g/mol. The highest BCUT2D eigenvalue weighted by molar-refractivity contribution is 5.53. The van der Waals surface area contributed by atoms with Crippen LogP contribution < -0.4 is 11.1 Å².